The van der Waals surface area contributed by atoms with E-state index >= 15 is 0 Å². The van der Waals surface area contributed by atoms with Gasteiger partial charge in [-0.1, -0.05) is 54.3 Å². The molecular formula is C22H30BrFeP-6. The molecule has 0 saturated heterocycles. The number of hydrogen-bond acceptors (Lipinski definition) is 0. The van der Waals surface area contributed by atoms with Gasteiger partial charge in [-0.15, -0.1) is 15.9 Å². The molecule has 2 aromatic carbocycles. The van der Waals surface area contributed by atoms with Gasteiger partial charge < -0.3 is 29.6 Å². The summed E-state index contributed by atoms with van der Waals surface area (Å²) in [5, 5.41) is 1.73. The summed E-state index contributed by atoms with van der Waals surface area (Å²) >= 11 is 3.28. The van der Waals surface area contributed by atoms with Crippen molar-refractivity contribution < 1.29 is 17.1 Å². The smallest absolute Gasteiger partial charge is 0 e. The van der Waals surface area contributed by atoms with Gasteiger partial charge in [-0.25, -0.2) is 12.1 Å². The molecular weight excluding hydrogens is 431 g/mol. The summed E-state index contributed by atoms with van der Waals surface area (Å²) in [6.45, 7) is 0. The van der Waals surface area contributed by atoms with Gasteiger partial charge in [0.25, 0.3) is 0 Å². The van der Waals surface area contributed by atoms with Crippen molar-refractivity contribution in [3.8, 4) is 0 Å². The summed E-state index contributed by atoms with van der Waals surface area (Å²) in [6.07, 6.45) is 15.1. The first kappa shape index (κ1) is 21.4. The second-order valence-electron chi connectivity index (χ2n) is 7.24. The van der Waals surface area contributed by atoms with Crippen molar-refractivity contribution in [3.63, 3.8) is 0 Å². The van der Waals surface area contributed by atoms with Crippen molar-refractivity contribution in [1.82, 2.24) is 0 Å². The van der Waals surface area contributed by atoms with Gasteiger partial charge in [0.2, 0.25) is 0 Å². The number of halogens is 1. The van der Waals surface area contributed by atoms with Crippen LogP contribution in [0.4, 0.5) is 0 Å². The molecule has 144 valence electrons. The Morgan fingerprint density at radius 2 is 1.20 bits per heavy atom. The van der Waals surface area contributed by atoms with Crippen LogP contribution in [0.1, 0.15) is 64.2 Å². The minimum atomic E-state index is 0. The van der Waals surface area contributed by atoms with E-state index in [9.17, 15) is 0 Å². The van der Waals surface area contributed by atoms with E-state index in [1.807, 2.05) is 24.3 Å². The fourth-order valence-electron chi connectivity index (χ4n) is 4.32. The Labute approximate surface area is 174 Å². The predicted octanol–water partition coefficient (Wildman–Crippen LogP) is 7.34. The molecule has 25 heavy (non-hydrogen) atoms. The quantitative estimate of drug-likeness (QED) is 0.255. The fraction of sp³-hybridized carbons (Fsp3) is 0.545. The van der Waals surface area contributed by atoms with E-state index in [1.54, 1.807) is 5.30 Å². The maximum absolute atomic E-state index is 3.28. The zero-order valence-electron chi connectivity index (χ0n) is 15.0. The largest absolute Gasteiger partial charge is 0.747 e. The van der Waals surface area contributed by atoms with E-state index in [-0.39, 0.29) is 25.0 Å². The van der Waals surface area contributed by atoms with Gasteiger partial charge in [0, 0.05) is 17.1 Å². The first-order valence-electron chi connectivity index (χ1n) is 9.72. The van der Waals surface area contributed by atoms with Gasteiger partial charge in [0.1, 0.15) is 0 Å². The normalized spacial score (nSPS) is 19.1. The van der Waals surface area contributed by atoms with Gasteiger partial charge in [0.05, 0.1) is 0 Å². The number of hydrogen-bond donors (Lipinski definition) is 0. The van der Waals surface area contributed by atoms with Gasteiger partial charge in [-0.05, 0) is 25.7 Å². The minimum Gasteiger partial charge on any atom is -0.747 e. The Morgan fingerprint density at radius 1 is 0.760 bits per heavy atom. The maximum Gasteiger partial charge on any atom is 0 e. The Balaban J connectivity index is 0.000000275. The molecule has 0 spiro atoms. The van der Waals surface area contributed by atoms with Crippen LogP contribution in [0.5, 0.6) is 0 Å². The molecule has 2 saturated carbocycles. The Morgan fingerprint density at radius 3 is 1.56 bits per heavy atom. The molecule has 0 nitrogen and oxygen atoms in total. The molecule has 0 heterocycles. The average Bonchev–Trinajstić information content (AvgIpc) is 3.32. The molecule has 0 unspecified atom stereocenters. The van der Waals surface area contributed by atoms with E-state index in [4.69, 9.17) is 0 Å². The zero-order chi connectivity index (χ0) is 16.6. The van der Waals surface area contributed by atoms with E-state index in [2.05, 4.69) is 40.2 Å². The van der Waals surface area contributed by atoms with Crippen molar-refractivity contribution in [1.29, 1.82) is 0 Å². The van der Waals surface area contributed by atoms with Crippen molar-refractivity contribution in [3.05, 3.63) is 53.0 Å². The topological polar surface area (TPSA) is 0 Å². The first-order valence-corrected chi connectivity index (χ1v) is 12.0. The molecule has 2 aliphatic rings. The van der Waals surface area contributed by atoms with Crippen LogP contribution in [0.2, 0.25) is 0 Å². The summed E-state index contributed by atoms with van der Waals surface area (Å²) in [7, 11) is 0.145. The SMILES string of the molecule is Br[c-]1cccc1.[Fe].[cH-]1[cH-][cH-][c-](P(C2CCCCC2)C2CCCCC2)[cH-]1. The van der Waals surface area contributed by atoms with Crippen LogP contribution in [-0.4, -0.2) is 11.3 Å². The molecule has 0 amide bonds. The van der Waals surface area contributed by atoms with Gasteiger partial charge >= 0.3 is 0 Å². The minimum absolute atomic E-state index is 0. The summed E-state index contributed by atoms with van der Waals surface area (Å²) < 4.78 is 1.16. The van der Waals surface area contributed by atoms with Crippen molar-refractivity contribution in [2.45, 2.75) is 75.5 Å². The first-order chi connectivity index (χ1) is 11.8. The van der Waals surface area contributed by atoms with Crippen LogP contribution in [0.25, 0.3) is 0 Å². The summed E-state index contributed by atoms with van der Waals surface area (Å²) in [4.78, 5) is 0. The molecule has 2 aromatic rings. The zero-order valence-corrected chi connectivity index (χ0v) is 18.6. The summed E-state index contributed by atoms with van der Waals surface area (Å²) in [5.74, 6) is 0. The van der Waals surface area contributed by atoms with E-state index in [1.165, 1.54) is 64.2 Å². The third-order valence-electron chi connectivity index (χ3n) is 5.50. The monoisotopic (exact) mass is 460 g/mol. The van der Waals surface area contributed by atoms with Gasteiger partial charge in [-0.3, -0.25) is 7.92 Å². The maximum atomic E-state index is 3.28. The third-order valence-corrected chi connectivity index (χ3v) is 9.53. The van der Waals surface area contributed by atoms with Crippen LogP contribution < -0.4 is 5.30 Å². The second kappa shape index (κ2) is 11.8. The predicted molar refractivity (Wildman–Crippen MR) is 112 cm³/mol. The Kier molecular flexibility index (Phi) is 10.1. The molecule has 0 bridgehead atoms. The van der Waals surface area contributed by atoms with Crippen LogP contribution in [0.15, 0.2) is 53.0 Å². The standard InChI is InChI=1S/C17H26P.C5H4Br.Fe/c1-3-9-15(10-4-1)18(17-13-7-8-14-17)16-11-5-2-6-12-16;6-5-3-1-2-4-5;/h7-8,13-16H,1-6,9-12H2;1-4H;/q-5;-1;. The average molecular weight is 461 g/mol. The van der Waals surface area contributed by atoms with Crippen LogP contribution in [-0.2, 0) is 17.1 Å². The summed E-state index contributed by atoms with van der Waals surface area (Å²) in [6, 6.07) is 17.4. The second-order valence-corrected chi connectivity index (χ2v) is 10.9. The van der Waals surface area contributed by atoms with Gasteiger partial charge in [0.15, 0.2) is 0 Å². The van der Waals surface area contributed by atoms with Crippen molar-refractivity contribution >= 4 is 29.2 Å². The molecule has 0 aromatic heterocycles. The van der Waals surface area contributed by atoms with Gasteiger partial charge in [-0.2, -0.15) is 12.1 Å². The van der Waals surface area contributed by atoms with Crippen LogP contribution in [0.3, 0.4) is 0 Å². The van der Waals surface area contributed by atoms with E-state index in [0.29, 0.717) is 0 Å². The van der Waals surface area contributed by atoms with Crippen LogP contribution >= 0.6 is 23.9 Å². The van der Waals surface area contributed by atoms with E-state index in [0.717, 1.165) is 15.8 Å². The molecule has 0 atom stereocenters. The van der Waals surface area contributed by atoms with E-state index < -0.39 is 0 Å². The number of rotatable bonds is 3. The Bertz CT molecular complexity index is 519. The molecule has 0 N–H and O–H groups in total. The third kappa shape index (κ3) is 6.66. The van der Waals surface area contributed by atoms with Crippen molar-refractivity contribution in [2.75, 3.05) is 0 Å². The molecule has 3 heteroatoms. The van der Waals surface area contributed by atoms with Crippen LogP contribution in [0, 0.1) is 0 Å². The molecule has 2 aliphatic carbocycles. The fourth-order valence-corrected chi connectivity index (χ4v) is 8.43. The molecule has 0 aliphatic heterocycles. The molecule has 4 rings (SSSR count). The molecule has 0 radical (unpaired) electrons. The summed E-state index contributed by atoms with van der Waals surface area (Å²) in [5.41, 5.74) is 2.11. The van der Waals surface area contributed by atoms with Crippen molar-refractivity contribution in [2.24, 2.45) is 0 Å². The Hall–Kier alpha value is 0.129. The molecule has 2 fully saturated rings.